The summed E-state index contributed by atoms with van der Waals surface area (Å²) < 4.78 is 36.7. The van der Waals surface area contributed by atoms with Crippen molar-refractivity contribution in [3.8, 4) is 0 Å². The molecule has 1 rings (SSSR count). The highest BCUT2D eigenvalue weighted by molar-refractivity contribution is 5.18. The smallest absolute Gasteiger partial charge is 0.389 e. The van der Waals surface area contributed by atoms with Gasteiger partial charge in [-0.25, -0.2) is 0 Å². The number of halogens is 3. The topological polar surface area (TPSA) is 65.4 Å². The summed E-state index contributed by atoms with van der Waals surface area (Å²) in [6.07, 6.45) is -6.26. The predicted octanol–water partition coefficient (Wildman–Crippen LogP) is 0.714. The fourth-order valence-corrected chi connectivity index (χ4v) is 1.27. The first kappa shape index (κ1) is 13.9. The van der Waals surface area contributed by atoms with E-state index in [1.54, 1.807) is 7.05 Å². The minimum absolute atomic E-state index is 0.000694. The Kier molecular flexibility index (Phi) is 4.44. The van der Waals surface area contributed by atoms with Crippen LogP contribution in [0.5, 0.6) is 0 Å². The molecule has 0 aliphatic carbocycles. The number of hydrogen-bond donors (Lipinski definition) is 3. The zero-order valence-corrected chi connectivity index (χ0v) is 9.07. The minimum atomic E-state index is -4.46. The molecule has 0 aliphatic rings. The summed E-state index contributed by atoms with van der Waals surface area (Å²) in [5.41, 5.74) is -0.891. The Bertz CT molecular complexity index is 354. The zero-order valence-electron chi connectivity index (χ0n) is 9.07. The molecule has 96 valence electrons. The first-order chi connectivity index (χ1) is 7.86. The van der Waals surface area contributed by atoms with Crippen molar-refractivity contribution < 1.29 is 23.4 Å². The number of aromatic nitrogens is 1. The number of aliphatic hydroxyl groups is 2. The molecule has 1 aromatic rings. The fraction of sp³-hybridized carbons (Fsp3) is 0.500. The van der Waals surface area contributed by atoms with E-state index in [2.05, 4.69) is 10.3 Å². The second-order valence-corrected chi connectivity index (χ2v) is 3.54. The Morgan fingerprint density at radius 3 is 2.41 bits per heavy atom. The van der Waals surface area contributed by atoms with E-state index in [-0.39, 0.29) is 12.2 Å². The zero-order chi connectivity index (χ0) is 13.1. The van der Waals surface area contributed by atoms with Crippen LogP contribution in [-0.4, -0.2) is 34.9 Å². The van der Waals surface area contributed by atoms with Gasteiger partial charge in [0.15, 0.2) is 0 Å². The standard InChI is InChI=1S/C10H13F3N2O2/c1-14-5-8(16)9(17)7-3-2-6(4-15-7)10(11,12)13/h2-4,8-9,14,16-17H,5H2,1H3. The largest absolute Gasteiger partial charge is 0.417 e. The van der Waals surface area contributed by atoms with Crippen LogP contribution in [0.1, 0.15) is 17.4 Å². The summed E-state index contributed by atoms with van der Waals surface area (Å²) in [4.78, 5) is 3.49. The van der Waals surface area contributed by atoms with Gasteiger partial charge >= 0.3 is 6.18 Å². The highest BCUT2D eigenvalue weighted by Crippen LogP contribution is 2.29. The van der Waals surface area contributed by atoms with Crippen LogP contribution in [0.3, 0.4) is 0 Å². The maximum atomic E-state index is 12.2. The number of nitrogens with zero attached hydrogens (tertiary/aromatic N) is 1. The molecule has 0 amide bonds. The minimum Gasteiger partial charge on any atom is -0.389 e. The lowest BCUT2D eigenvalue weighted by atomic mass is 10.1. The van der Waals surface area contributed by atoms with Crippen molar-refractivity contribution in [2.75, 3.05) is 13.6 Å². The molecule has 1 aromatic heterocycles. The van der Waals surface area contributed by atoms with E-state index in [0.29, 0.717) is 6.20 Å². The molecular formula is C10H13F3N2O2. The molecule has 0 aromatic carbocycles. The Morgan fingerprint density at radius 1 is 1.35 bits per heavy atom. The van der Waals surface area contributed by atoms with Gasteiger partial charge in [-0.1, -0.05) is 0 Å². The van der Waals surface area contributed by atoms with Crippen LogP contribution in [0.25, 0.3) is 0 Å². The third kappa shape index (κ3) is 3.65. The van der Waals surface area contributed by atoms with E-state index in [0.717, 1.165) is 12.1 Å². The molecule has 0 fully saturated rings. The van der Waals surface area contributed by atoms with Crippen LogP contribution in [0.2, 0.25) is 0 Å². The number of alkyl halides is 3. The molecule has 0 spiro atoms. The number of pyridine rings is 1. The average Bonchev–Trinajstić information content (AvgIpc) is 2.27. The lowest BCUT2D eigenvalue weighted by molar-refractivity contribution is -0.137. The quantitative estimate of drug-likeness (QED) is 0.736. The average molecular weight is 250 g/mol. The van der Waals surface area contributed by atoms with Crippen LogP contribution in [-0.2, 0) is 6.18 Å². The van der Waals surface area contributed by atoms with Crippen LogP contribution in [0.15, 0.2) is 18.3 Å². The number of aliphatic hydroxyl groups excluding tert-OH is 2. The summed E-state index contributed by atoms with van der Waals surface area (Å²) in [5, 5.41) is 21.6. The van der Waals surface area contributed by atoms with E-state index in [1.165, 1.54) is 0 Å². The first-order valence-corrected chi connectivity index (χ1v) is 4.90. The Morgan fingerprint density at radius 2 is 2.00 bits per heavy atom. The van der Waals surface area contributed by atoms with Gasteiger partial charge < -0.3 is 15.5 Å². The van der Waals surface area contributed by atoms with Crippen molar-refractivity contribution >= 4 is 0 Å². The van der Waals surface area contributed by atoms with E-state index >= 15 is 0 Å². The number of rotatable bonds is 4. The maximum Gasteiger partial charge on any atom is 0.417 e. The third-order valence-electron chi connectivity index (χ3n) is 2.19. The van der Waals surface area contributed by atoms with E-state index in [4.69, 9.17) is 0 Å². The van der Waals surface area contributed by atoms with Crippen molar-refractivity contribution in [1.82, 2.24) is 10.3 Å². The maximum absolute atomic E-state index is 12.2. The third-order valence-corrected chi connectivity index (χ3v) is 2.19. The highest BCUT2D eigenvalue weighted by atomic mass is 19.4. The van der Waals surface area contributed by atoms with Crippen molar-refractivity contribution in [1.29, 1.82) is 0 Å². The predicted molar refractivity (Wildman–Crippen MR) is 54.1 cm³/mol. The Balaban J connectivity index is 2.80. The highest BCUT2D eigenvalue weighted by Gasteiger charge is 2.31. The molecule has 3 N–H and O–H groups in total. The van der Waals surface area contributed by atoms with Crippen molar-refractivity contribution in [3.05, 3.63) is 29.6 Å². The van der Waals surface area contributed by atoms with Gasteiger partial charge in [-0.3, -0.25) is 4.98 Å². The normalized spacial score (nSPS) is 15.6. The van der Waals surface area contributed by atoms with Gasteiger partial charge in [0.25, 0.3) is 0 Å². The van der Waals surface area contributed by atoms with Gasteiger partial charge in [0.2, 0.25) is 0 Å². The van der Waals surface area contributed by atoms with Crippen molar-refractivity contribution in [3.63, 3.8) is 0 Å². The van der Waals surface area contributed by atoms with Crippen LogP contribution in [0, 0.1) is 0 Å². The molecule has 0 bridgehead atoms. The second kappa shape index (κ2) is 5.44. The molecule has 0 saturated heterocycles. The molecular weight excluding hydrogens is 237 g/mol. The van der Waals surface area contributed by atoms with Gasteiger partial charge in [-0.2, -0.15) is 13.2 Å². The first-order valence-electron chi connectivity index (χ1n) is 4.90. The van der Waals surface area contributed by atoms with E-state index < -0.39 is 23.9 Å². The lowest BCUT2D eigenvalue weighted by Gasteiger charge is -2.17. The number of nitrogens with one attached hydrogen (secondary N) is 1. The molecule has 2 unspecified atom stereocenters. The summed E-state index contributed by atoms with van der Waals surface area (Å²) in [5.74, 6) is 0. The molecule has 4 nitrogen and oxygen atoms in total. The van der Waals surface area contributed by atoms with Gasteiger partial charge in [0.05, 0.1) is 17.4 Å². The molecule has 0 radical (unpaired) electrons. The van der Waals surface area contributed by atoms with Crippen LogP contribution >= 0.6 is 0 Å². The number of likely N-dealkylation sites (N-methyl/N-ethyl adjacent to an activating group) is 1. The van der Waals surface area contributed by atoms with Crippen molar-refractivity contribution in [2.45, 2.75) is 18.4 Å². The van der Waals surface area contributed by atoms with Gasteiger partial charge in [-0.15, -0.1) is 0 Å². The fourth-order valence-electron chi connectivity index (χ4n) is 1.27. The number of hydrogen-bond acceptors (Lipinski definition) is 4. The molecule has 1 heterocycles. The van der Waals surface area contributed by atoms with Crippen LogP contribution in [0.4, 0.5) is 13.2 Å². The van der Waals surface area contributed by atoms with E-state index in [9.17, 15) is 23.4 Å². The summed E-state index contributed by atoms with van der Waals surface area (Å²) in [6, 6.07) is 1.87. The molecule has 0 aliphatic heterocycles. The molecule has 2 atom stereocenters. The Labute approximate surface area is 96.1 Å². The van der Waals surface area contributed by atoms with Gasteiger partial charge in [0, 0.05) is 12.7 Å². The monoisotopic (exact) mass is 250 g/mol. The summed E-state index contributed by atoms with van der Waals surface area (Å²) in [7, 11) is 1.58. The van der Waals surface area contributed by atoms with E-state index in [1.807, 2.05) is 0 Å². The summed E-state index contributed by atoms with van der Waals surface area (Å²) in [6.45, 7) is 0.115. The Hall–Kier alpha value is -1.18. The molecule has 7 heteroatoms. The molecule has 0 saturated carbocycles. The lowest BCUT2D eigenvalue weighted by Crippen LogP contribution is -2.30. The second-order valence-electron chi connectivity index (χ2n) is 3.54. The molecule has 17 heavy (non-hydrogen) atoms. The summed E-state index contributed by atoms with van der Waals surface area (Å²) >= 11 is 0. The van der Waals surface area contributed by atoms with Crippen molar-refractivity contribution in [2.24, 2.45) is 0 Å². The SMILES string of the molecule is CNCC(O)C(O)c1ccc(C(F)(F)F)cn1. The van der Waals surface area contributed by atoms with Gasteiger partial charge in [-0.05, 0) is 19.2 Å². The van der Waals surface area contributed by atoms with Crippen LogP contribution < -0.4 is 5.32 Å². The van der Waals surface area contributed by atoms with Gasteiger partial charge in [0.1, 0.15) is 6.10 Å².